The molecule has 36 heavy (non-hydrogen) atoms. The highest BCUT2D eigenvalue weighted by Gasteiger charge is 2.60. The number of carbonyl (C=O) groups is 3. The molecule has 5 heterocycles. The minimum absolute atomic E-state index is 0.0571. The summed E-state index contributed by atoms with van der Waals surface area (Å²) in [6.45, 7) is 11.1. The van der Waals surface area contributed by atoms with Crippen molar-refractivity contribution in [3.05, 3.63) is 10.6 Å². The zero-order valence-electron chi connectivity index (χ0n) is 21.2. The van der Waals surface area contributed by atoms with Crippen molar-refractivity contribution in [2.24, 2.45) is 11.8 Å². The highest BCUT2D eigenvalue weighted by atomic mass is 32.2. The summed E-state index contributed by atoms with van der Waals surface area (Å²) in [5.41, 5.74) is 0.123. The van der Waals surface area contributed by atoms with Crippen molar-refractivity contribution in [3.63, 3.8) is 0 Å². The average molecular weight is 527 g/mol. The second-order valence-electron chi connectivity index (χ2n) is 10.2. The van der Waals surface area contributed by atoms with Crippen LogP contribution in [0.25, 0.3) is 0 Å². The zero-order chi connectivity index (χ0) is 26.0. The molecule has 4 fully saturated rings. The van der Waals surface area contributed by atoms with Crippen LogP contribution in [0, 0.1) is 11.8 Å². The van der Waals surface area contributed by atoms with Crippen LogP contribution in [0.1, 0.15) is 13.8 Å². The number of aliphatic hydroxyl groups excluding tert-OH is 1. The number of amides is 1. The van der Waals surface area contributed by atoms with Crippen molar-refractivity contribution in [3.8, 4) is 0 Å². The van der Waals surface area contributed by atoms with Crippen LogP contribution in [0.2, 0.25) is 0 Å². The first-order valence-electron chi connectivity index (χ1n) is 12.7. The first-order valence-corrected chi connectivity index (χ1v) is 13.5. The summed E-state index contributed by atoms with van der Waals surface area (Å²) >= 11 is 1.59. The highest BCUT2D eigenvalue weighted by Crippen LogP contribution is 2.51. The third kappa shape index (κ3) is 5.79. The molecule has 0 spiro atoms. The van der Waals surface area contributed by atoms with Crippen LogP contribution >= 0.6 is 11.8 Å². The Morgan fingerprint density at radius 1 is 1.28 bits per heavy atom. The lowest BCUT2D eigenvalue weighted by Gasteiger charge is -2.46. The lowest BCUT2D eigenvalue weighted by Crippen LogP contribution is -2.63. The first kappa shape index (κ1) is 27.5. The van der Waals surface area contributed by atoms with E-state index in [4.69, 9.17) is 9.47 Å². The van der Waals surface area contributed by atoms with Gasteiger partial charge >= 0.3 is 5.97 Å². The van der Waals surface area contributed by atoms with E-state index in [-0.39, 0.29) is 35.8 Å². The Bertz CT molecular complexity index is 859. The molecular weight excluding hydrogens is 488 g/mol. The second kappa shape index (κ2) is 11.9. The molecule has 12 heteroatoms. The van der Waals surface area contributed by atoms with Gasteiger partial charge in [-0.25, -0.2) is 4.79 Å². The van der Waals surface area contributed by atoms with Gasteiger partial charge in [-0.3, -0.25) is 9.69 Å². The van der Waals surface area contributed by atoms with Crippen molar-refractivity contribution in [2.45, 2.75) is 43.5 Å². The van der Waals surface area contributed by atoms with E-state index in [9.17, 15) is 24.6 Å². The SMILES string of the molecule is CN1CCO[C@@H](C=O)C1.C[C@@H](O)[C@H]1C(=O)N2C(C(=O)O)=C(SC3CN(C[C@H]4CNCCO4)C3)[C@H](C)[C@H]12. The van der Waals surface area contributed by atoms with E-state index < -0.39 is 18.0 Å². The number of carboxylic acid groups (broad SMARTS) is 1. The summed E-state index contributed by atoms with van der Waals surface area (Å²) in [5.74, 6) is -1.88. The van der Waals surface area contributed by atoms with Crippen LogP contribution in [0.15, 0.2) is 10.6 Å². The molecule has 0 aliphatic carbocycles. The van der Waals surface area contributed by atoms with Gasteiger partial charge in [0.05, 0.1) is 37.4 Å². The van der Waals surface area contributed by atoms with Gasteiger partial charge in [0.2, 0.25) is 5.91 Å². The maximum Gasteiger partial charge on any atom is 0.353 e. The van der Waals surface area contributed by atoms with Gasteiger partial charge < -0.3 is 39.6 Å². The van der Waals surface area contributed by atoms with Crippen LogP contribution in [0.5, 0.6) is 0 Å². The fraction of sp³-hybridized carbons (Fsp3) is 0.792. The number of morpholine rings is 2. The molecule has 0 aromatic heterocycles. The summed E-state index contributed by atoms with van der Waals surface area (Å²) in [7, 11) is 1.99. The fourth-order valence-corrected chi connectivity index (χ4v) is 7.10. The zero-order valence-corrected chi connectivity index (χ0v) is 22.0. The van der Waals surface area contributed by atoms with E-state index >= 15 is 0 Å². The number of rotatable bonds is 7. The molecule has 0 aromatic rings. The lowest BCUT2D eigenvalue weighted by molar-refractivity contribution is -0.163. The van der Waals surface area contributed by atoms with Gasteiger partial charge in [0.1, 0.15) is 18.1 Å². The number of likely N-dealkylation sites (tertiary alicyclic amines) is 1. The van der Waals surface area contributed by atoms with Crippen molar-refractivity contribution >= 4 is 29.9 Å². The number of hydrogen-bond acceptors (Lipinski definition) is 10. The summed E-state index contributed by atoms with van der Waals surface area (Å²) in [5, 5.41) is 23.2. The maximum atomic E-state index is 12.4. The quantitative estimate of drug-likeness (QED) is 0.281. The minimum Gasteiger partial charge on any atom is -0.477 e. The van der Waals surface area contributed by atoms with E-state index in [1.54, 1.807) is 18.7 Å². The van der Waals surface area contributed by atoms with Gasteiger partial charge in [0.25, 0.3) is 0 Å². The number of hydrogen-bond donors (Lipinski definition) is 3. The van der Waals surface area contributed by atoms with Gasteiger partial charge in [-0.2, -0.15) is 0 Å². The number of aliphatic hydroxyl groups is 1. The summed E-state index contributed by atoms with van der Waals surface area (Å²) in [4.78, 5) is 40.9. The predicted octanol–water partition coefficient (Wildman–Crippen LogP) is -0.938. The third-order valence-electron chi connectivity index (χ3n) is 7.44. The normalized spacial score (nSPS) is 34.3. The monoisotopic (exact) mass is 526 g/mol. The molecule has 11 nitrogen and oxygen atoms in total. The van der Waals surface area contributed by atoms with Crippen LogP contribution in [-0.2, 0) is 23.9 Å². The Balaban J connectivity index is 0.000000286. The summed E-state index contributed by atoms with van der Waals surface area (Å²) in [6, 6.07) is -0.232. The largest absolute Gasteiger partial charge is 0.477 e. The molecule has 0 saturated carbocycles. The van der Waals surface area contributed by atoms with Gasteiger partial charge in [0.15, 0.2) is 0 Å². The molecule has 3 N–H and O–H groups in total. The second-order valence-corrected chi connectivity index (χ2v) is 11.6. The number of nitrogens with one attached hydrogen (secondary N) is 1. The van der Waals surface area contributed by atoms with E-state index in [0.717, 1.165) is 63.6 Å². The number of carboxylic acids is 1. The van der Waals surface area contributed by atoms with Crippen molar-refractivity contribution in [2.75, 3.05) is 66.1 Å². The van der Waals surface area contributed by atoms with Crippen LogP contribution < -0.4 is 5.32 Å². The molecule has 6 atom stereocenters. The van der Waals surface area contributed by atoms with Crippen LogP contribution in [-0.4, -0.2) is 139 Å². The molecule has 5 rings (SSSR count). The predicted molar refractivity (Wildman–Crippen MR) is 133 cm³/mol. The number of thioether (sulfide) groups is 1. The topological polar surface area (TPSA) is 132 Å². The Labute approximate surface area is 216 Å². The van der Waals surface area contributed by atoms with Crippen molar-refractivity contribution in [1.29, 1.82) is 0 Å². The minimum atomic E-state index is -1.05. The Morgan fingerprint density at radius 2 is 2.03 bits per heavy atom. The molecule has 5 aliphatic rings. The Kier molecular flexibility index (Phi) is 9.08. The standard InChI is InChI=1S/C18H27N3O5S.C6H11NO2/c1-9-14-13(10(2)22)17(23)21(14)15(18(24)25)16(9)27-12-7-20(8-12)6-11-5-19-3-4-26-11;1-7-2-3-9-6(4-7)5-8/h9-14,19,22H,3-8H2,1-2H3,(H,24,25);5-6H,2-4H2,1H3/t9-,10-,11-,13-,14-;6-/m11/s1. The number of carbonyl (C=O) groups excluding carboxylic acids is 2. The van der Waals surface area contributed by atoms with E-state index in [2.05, 4.69) is 15.1 Å². The maximum absolute atomic E-state index is 12.4. The van der Waals surface area contributed by atoms with Crippen LogP contribution in [0.4, 0.5) is 0 Å². The summed E-state index contributed by atoms with van der Waals surface area (Å²) in [6.07, 6.45) is 0.123. The molecule has 4 saturated heterocycles. The van der Waals surface area contributed by atoms with Crippen molar-refractivity contribution in [1.82, 2.24) is 20.0 Å². The molecular formula is C24H38N4O7S. The van der Waals surface area contributed by atoms with Gasteiger partial charge in [0, 0.05) is 61.9 Å². The average Bonchev–Trinajstić information content (AvgIpc) is 3.06. The first-order chi connectivity index (χ1) is 17.2. The van der Waals surface area contributed by atoms with E-state index in [1.807, 2.05) is 14.0 Å². The number of aldehydes is 1. The molecule has 0 aromatic carbocycles. The number of fused-ring (bicyclic) bond motifs is 1. The van der Waals surface area contributed by atoms with E-state index in [1.165, 1.54) is 4.90 Å². The van der Waals surface area contributed by atoms with Crippen molar-refractivity contribution < 1.29 is 34.1 Å². The van der Waals surface area contributed by atoms with Gasteiger partial charge in [-0.05, 0) is 14.0 Å². The molecule has 0 unspecified atom stereocenters. The molecule has 202 valence electrons. The molecule has 0 radical (unpaired) electrons. The number of β-lactam (4-membered cyclic amide) rings is 1. The van der Waals surface area contributed by atoms with Crippen LogP contribution in [0.3, 0.4) is 0 Å². The van der Waals surface area contributed by atoms with E-state index in [0.29, 0.717) is 11.9 Å². The third-order valence-corrected chi connectivity index (χ3v) is 8.89. The molecule has 5 aliphatic heterocycles. The Hall–Kier alpha value is -1.54. The number of likely N-dealkylation sites (N-methyl/N-ethyl adjacent to an activating group) is 1. The fourth-order valence-electron chi connectivity index (χ4n) is 5.52. The lowest BCUT2D eigenvalue weighted by atomic mass is 9.79. The molecule has 1 amide bonds. The number of ether oxygens (including phenoxy) is 2. The number of nitrogens with zero attached hydrogens (tertiary/aromatic N) is 3. The molecule has 0 bridgehead atoms. The summed E-state index contributed by atoms with van der Waals surface area (Å²) < 4.78 is 10.8. The smallest absolute Gasteiger partial charge is 0.353 e. The highest BCUT2D eigenvalue weighted by molar-refractivity contribution is 8.03. The number of aliphatic carboxylic acids is 1. The van der Waals surface area contributed by atoms with Gasteiger partial charge in [-0.15, -0.1) is 11.8 Å². The Morgan fingerprint density at radius 3 is 2.58 bits per heavy atom. The van der Waals surface area contributed by atoms with Gasteiger partial charge in [-0.1, -0.05) is 6.92 Å².